The lowest BCUT2D eigenvalue weighted by atomic mass is 10.2. The minimum atomic E-state index is -2.83. The first-order valence-electron chi connectivity index (χ1n) is 4.16. The number of rotatable bonds is 4. The molecular formula is C8H13F2N3. The van der Waals surface area contributed by atoms with Gasteiger partial charge < -0.3 is 10.3 Å². The van der Waals surface area contributed by atoms with E-state index in [1.165, 1.54) is 6.20 Å². The average Bonchev–Trinajstić information content (AvgIpc) is 2.51. The molecule has 0 fully saturated rings. The first-order valence-corrected chi connectivity index (χ1v) is 4.16. The molecule has 0 aromatic carbocycles. The topological polar surface area (TPSA) is 43.8 Å². The molecule has 1 rings (SSSR count). The van der Waals surface area contributed by atoms with Crippen molar-refractivity contribution in [2.45, 2.75) is 25.8 Å². The monoisotopic (exact) mass is 189 g/mol. The second-order valence-corrected chi connectivity index (χ2v) is 2.91. The van der Waals surface area contributed by atoms with E-state index in [-0.39, 0.29) is 6.42 Å². The molecule has 1 heterocycles. The predicted molar refractivity (Wildman–Crippen MR) is 45.6 cm³/mol. The molecule has 13 heavy (non-hydrogen) atoms. The number of hydrogen-bond donors (Lipinski definition) is 1. The highest BCUT2D eigenvalue weighted by molar-refractivity contribution is 5.01. The third-order valence-corrected chi connectivity index (χ3v) is 1.88. The van der Waals surface area contributed by atoms with Crippen LogP contribution >= 0.6 is 0 Å². The predicted octanol–water partition coefficient (Wildman–Crippen LogP) is 1.04. The van der Waals surface area contributed by atoms with Gasteiger partial charge in [-0.3, -0.25) is 0 Å². The maximum absolute atomic E-state index is 12.9. The van der Waals surface area contributed by atoms with Crippen molar-refractivity contribution in [3.8, 4) is 0 Å². The summed E-state index contributed by atoms with van der Waals surface area (Å²) in [6, 6.07) is 0. The van der Waals surface area contributed by atoms with Gasteiger partial charge in [-0.05, 0) is 6.92 Å². The maximum atomic E-state index is 12.9. The number of imidazole rings is 1. The van der Waals surface area contributed by atoms with Crippen molar-refractivity contribution >= 4 is 0 Å². The molecular weight excluding hydrogens is 176 g/mol. The number of hydrogen-bond acceptors (Lipinski definition) is 2. The molecule has 0 bridgehead atoms. The zero-order valence-electron chi connectivity index (χ0n) is 7.50. The van der Waals surface area contributed by atoms with Crippen molar-refractivity contribution in [2.75, 3.05) is 6.54 Å². The Morgan fingerprint density at radius 2 is 2.31 bits per heavy atom. The van der Waals surface area contributed by atoms with Crippen LogP contribution in [0, 0.1) is 0 Å². The summed E-state index contributed by atoms with van der Waals surface area (Å²) >= 11 is 0. The first-order chi connectivity index (χ1) is 6.09. The smallest absolute Gasteiger partial charge is 0.265 e. The fourth-order valence-corrected chi connectivity index (χ4v) is 1.12. The van der Waals surface area contributed by atoms with E-state index < -0.39 is 12.5 Å². The van der Waals surface area contributed by atoms with E-state index in [1.54, 1.807) is 10.9 Å². The van der Waals surface area contributed by atoms with Crippen LogP contribution in [0.1, 0.15) is 12.6 Å². The van der Waals surface area contributed by atoms with E-state index in [0.717, 1.165) is 0 Å². The Kier molecular flexibility index (Phi) is 2.98. The van der Waals surface area contributed by atoms with Crippen LogP contribution in [-0.4, -0.2) is 22.0 Å². The third kappa shape index (κ3) is 2.48. The molecule has 0 spiro atoms. The second kappa shape index (κ2) is 3.83. The molecule has 0 atom stereocenters. The number of nitrogens with two attached hydrogens (primary N) is 1. The molecule has 74 valence electrons. The third-order valence-electron chi connectivity index (χ3n) is 1.88. The molecule has 3 nitrogen and oxygen atoms in total. The summed E-state index contributed by atoms with van der Waals surface area (Å²) in [4.78, 5) is 3.80. The zero-order chi connectivity index (χ0) is 9.90. The Hall–Kier alpha value is -0.970. The van der Waals surface area contributed by atoms with Crippen molar-refractivity contribution in [3.63, 3.8) is 0 Å². The van der Waals surface area contributed by atoms with Gasteiger partial charge >= 0.3 is 0 Å². The lowest BCUT2D eigenvalue weighted by Gasteiger charge is -2.14. The standard InChI is InChI=1S/C8H13F2N3/c1-2-13-6-12-4-7(13)3-8(9,10)5-11/h4,6H,2-3,5,11H2,1H3. The lowest BCUT2D eigenvalue weighted by Crippen LogP contribution is -2.31. The van der Waals surface area contributed by atoms with Gasteiger partial charge in [0.05, 0.1) is 19.3 Å². The van der Waals surface area contributed by atoms with Crippen molar-refractivity contribution < 1.29 is 8.78 Å². The summed E-state index contributed by atoms with van der Waals surface area (Å²) in [5, 5.41) is 0. The van der Waals surface area contributed by atoms with Gasteiger partial charge in [0.2, 0.25) is 0 Å². The molecule has 1 aromatic heterocycles. The Balaban J connectivity index is 2.73. The quantitative estimate of drug-likeness (QED) is 0.769. The molecule has 0 amide bonds. The summed E-state index contributed by atoms with van der Waals surface area (Å²) in [6.07, 6.45) is 2.66. The van der Waals surface area contributed by atoms with Gasteiger partial charge in [0.25, 0.3) is 5.92 Å². The molecule has 0 aliphatic heterocycles. The summed E-state index contributed by atoms with van der Waals surface area (Å²) in [6.45, 7) is 1.91. The molecule has 0 aliphatic carbocycles. The van der Waals surface area contributed by atoms with Crippen LogP contribution in [0.4, 0.5) is 8.78 Å². The number of halogens is 2. The van der Waals surface area contributed by atoms with E-state index in [2.05, 4.69) is 4.98 Å². The molecule has 0 radical (unpaired) electrons. The van der Waals surface area contributed by atoms with Crippen LogP contribution in [0.3, 0.4) is 0 Å². The van der Waals surface area contributed by atoms with Crippen LogP contribution in [0.25, 0.3) is 0 Å². The Morgan fingerprint density at radius 3 is 2.85 bits per heavy atom. The average molecular weight is 189 g/mol. The summed E-state index contributed by atoms with van der Waals surface area (Å²) in [5.74, 6) is -2.83. The van der Waals surface area contributed by atoms with E-state index >= 15 is 0 Å². The van der Waals surface area contributed by atoms with Gasteiger partial charge in [0.1, 0.15) is 0 Å². The number of nitrogens with zero attached hydrogens (tertiary/aromatic N) is 2. The van der Waals surface area contributed by atoms with Gasteiger partial charge in [-0.2, -0.15) is 0 Å². The molecule has 0 unspecified atom stereocenters. The SMILES string of the molecule is CCn1cncc1CC(F)(F)CN. The molecule has 0 saturated heterocycles. The second-order valence-electron chi connectivity index (χ2n) is 2.91. The first kappa shape index (κ1) is 10.1. The molecule has 0 aliphatic rings. The molecule has 5 heteroatoms. The number of alkyl halides is 2. The van der Waals surface area contributed by atoms with Gasteiger partial charge in [-0.25, -0.2) is 13.8 Å². The van der Waals surface area contributed by atoms with Crippen molar-refractivity contribution in [3.05, 3.63) is 18.2 Å². The largest absolute Gasteiger partial charge is 0.335 e. The van der Waals surface area contributed by atoms with E-state index in [0.29, 0.717) is 12.2 Å². The highest BCUT2D eigenvalue weighted by atomic mass is 19.3. The van der Waals surface area contributed by atoms with Crippen molar-refractivity contribution in [1.82, 2.24) is 9.55 Å². The minimum Gasteiger partial charge on any atom is -0.335 e. The van der Waals surface area contributed by atoms with Crippen LogP contribution in [0.15, 0.2) is 12.5 Å². The van der Waals surface area contributed by atoms with Gasteiger partial charge in [-0.1, -0.05) is 0 Å². The fraction of sp³-hybridized carbons (Fsp3) is 0.625. The Morgan fingerprint density at radius 1 is 1.62 bits per heavy atom. The van der Waals surface area contributed by atoms with E-state index in [1.807, 2.05) is 6.92 Å². The molecule has 2 N–H and O–H groups in total. The van der Waals surface area contributed by atoms with Gasteiger partial charge in [0, 0.05) is 18.4 Å². The van der Waals surface area contributed by atoms with Crippen LogP contribution in [-0.2, 0) is 13.0 Å². The Labute approximate surface area is 75.6 Å². The summed E-state index contributed by atoms with van der Waals surface area (Å²) < 4.78 is 27.4. The fourth-order valence-electron chi connectivity index (χ4n) is 1.12. The van der Waals surface area contributed by atoms with Crippen LogP contribution in [0.2, 0.25) is 0 Å². The highest BCUT2D eigenvalue weighted by Crippen LogP contribution is 2.18. The van der Waals surface area contributed by atoms with Crippen LogP contribution < -0.4 is 5.73 Å². The Bertz CT molecular complexity index is 270. The van der Waals surface area contributed by atoms with Gasteiger partial charge in [-0.15, -0.1) is 0 Å². The summed E-state index contributed by atoms with van der Waals surface area (Å²) in [7, 11) is 0. The van der Waals surface area contributed by atoms with Crippen molar-refractivity contribution in [2.24, 2.45) is 5.73 Å². The normalized spacial score (nSPS) is 12.0. The van der Waals surface area contributed by atoms with Crippen molar-refractivity contribution in [1.29, 1.82) is 0 Å². The summed E-state index contributed by atoms with van der Waals surface area (Å²) in [5.41, 5.74) is 5.46. The van der Waals surface area contributed by atoms with Gasteiger partial charge in [0.15, 0.2) is 0 Å². The maximum Gasteiger partial charge on any atom is 0.265 e. The molecule has 1 aromatic rings. The molecule has 0 saturated carbocycles. The zero-order valence-corrected chi connectivity index (χ0v) is 7.50. The number of aromatic nitrogens is 2. The lowest BCUT2D eigenvalue weighted by molar-refractivity contribution is 0.00977. The van der Waals surface area contributed by atoms with E-state index in [4.69, 9.17) is 5.73 Å². The highest BCUT2D eigenvalue weighted by Gasteiger charge is 2.28. The van der Waals surface area contributed by atoms with E-state index in [9.17, 15) is 8.78 Å². The van der Waals surface area contributed by atoms with Crippen LogP contribution in [0.5, 0.6) is 0 Å². The minimum absolute atomic E-state index is 0.336. The number of aryl methyl sites for hydroxylation is 1.